The van der Waals surface area contributed by atoms with Gasteiger partial charge in [0.25, 0.3) is 0 Å². The molecule has 2 N–H and O–H groups in total. The lowest BCUT2D eigenvalue weighted by molar-refractivity contribution is 0.283. The number of rotatable bonds is 4. The molecular formula is C17H18FNOS. The van der Waals surface area contributed by atoms with E-state index < -0.39 is 0 Å². The van der Waals surface area contributed by atoms with Crippen LogP contribution in [-0.2, 0) is 0 Å². The molecule has 0 spiro atoms. The lowest BCUT2D eigenvalue weighted by Gasteiger charge is -2.14. The van der Waals surface area contributed by atoms with Gasteiger partial charge in [0.2, 0.25) is 0 Å². The van der Waals surface area contributed by atoms with Gasteiger partial charge < -0.3 is 10.5 Å². The highest BCUT2D eigenvalue weighted by Gasteiger charge is 2.23. The first-order valence-corrected chi connectivity index (χ1v) is 8.03. The van der Waals surface area contributed by atoms with Gasteiger partial charge in [-0.3, -0.25) is 0 Å². The van der Waals surface area contributed by atoms with E-state index in [-0.39, 0.29) is 11.9 Å². The van der Waals surface area contributed by atoms with E-state index in [1.807, 2.05) is 36.9 Å². The Labute approximate surface area is 128 Å². The van der Waals surface area contributed by atoms with E-state index in [1.54, 1.807) is 6.07 Å². The summed E-state index contributed by atoms with van der Waals surface area (Å²) in [6, 6.07) is 13.1. The molecule has 0 aliphatic carbocycles. The number of halogens is 1. The molecule has 21 heavy (non-hydrogen) atoms. The molecule has 110 valence electrons. The summed E-state index contributed by atoms with van der Waals surface area (Å²) in [4.78, 5) is 1.30. The van der Waals surface area contributed by atoms with Crippen molar-refractivity contribution < 1.29 is 9.13 Å². The summed E-state index contributed by atoms with van der Waals surface area (Å²) in [7, 11) is 0. The molecule has 1 aliphatic rings. The predicted octanol–water partition coefficient (Wildman–Crippen LogP) is 4.11. The Morgan fingerprint density at radius 3 is 2.90 bits per heavy atom. The Hall–Kier alpha value is -1.52. The minimum Gasteiger partial charge on any atom is -0.490 e. The molecule has 0 saturated heterocycles. The summed E-state index contributed by atoms with van der Waals surface area (Å²) >= 11 is 1.83. The van der Waals surface area contributed by atoms with Crippen LogP contribution < -0.4 is 10.5 Å². The Balaban J connectivity index is 1.69. The van der Waals surface area contributed by atoms with E-state index in [2.05, 4.69) is 12.1 Å². The molecule has 0 radical (unpaired) electrons. The Morgan fingerprint density at radius 2 is 2.14 bits per heavy atom. The van der Waals surface area contributed by atoms with Crippen LogP contribution in [0.2, 0.25) is 0 Å². The zero-order valence-electron chi connectivity index (χ0n) is 11.9. The van der Waals surface area contributed by atoms with Crippen LogP contribution in [0.3, 0.4) is 0 Å². The molecule has 2 atom stereocenters. The fourth-order valence-electron chi connectivity index (χ4n) is 2.48. The molecule has 0 aromatic heterocycles. The van der Waals surface area contributed by atoms with Gasteiger partial charge >= 0.3 is 0 Å². The molecule has 4 heteroatoms. The zero-order chi connectivity index (χ0) is 14.8. The molecule has 0 bridgehead atoms. The van der Waals surface area contributed by atoms with Crippen molar-refractivity contribution in [2.45, 2.75) is 23.8 Å². The Bertz CT molecular complexity index is 644. The monoisotopic (exact) mass is 303 g/mol. The van der Waals surface area contributed by atoms with E-state index in [4.69, 9.17) is 10.5 Å². The van der Waals surface area contributed by atoms with Gasteiger partial charge in [-0.15, -0.1) is 11.8 Å². The Kier molecular flexibility index (Phi) is 4.17. The standard InChI is InChI=1S/C17H18FNOS/c1-11(19)12-6-7-16(15(18)8-12)20-9-13-10-21-17-5-3-2-4-14(13)17/h2-8,11,13H,9-10,19H2,1H3/t11-,13?/m1/s1. The van der Waals surface area contributed by atoms with Crippen LogP contribution in [0.15, 0.2) is 47.4 Å². The second-order valence-corrected chi connectivity index (χ2v) is 6.40. The SMILES string of the molecule is C[C@@H](N)c1ccc(OCC2CSc3ccccc32)c(F)c1. The van der Waals surface area contributed by atoms with Crippen LogP contribution >= 0.6 is 11.8 Å². The first-order valence-electron chi connectivity index (χ1n) is 7.04. The molecule has 2 aromatic rings. The average molecular weight is 303 g/mol. The molecule has 2 nitrogen and oxygen atoms in total. The van der Waals surface area contributed by atoms with Crippen molar-refractivity contribution in [3.05, 3.63) is 59.4 Å². The van der Waals surface area contributed by atoms with Crippen LogP contribution in [0.5, 0.6) is 5.75 Å². The van der Waals surface area contributed by atoms with Gasteiger partial charge in [0, 0.05) is 22.6 Å². The van der Waals surface area contributed by atoms with Crippen molar-refractivity contribution in [3.63, 3.8) is 0 Å². The van der Waals surface area contributed by atoms with E-state index in [1.165, 1.54) is 16.5 Å². The maximum Gasteiger partial charge on any atom is 0.165 e. The smallest absolute Gasteiger partial charge is 0.165 e. The van der Waals surface area contributed by atoms with Crippen molar-refractivity contribution in [2.75, 3.05) is 12.4 Å². The number of fused-ring (bicyclic) bond motifs is 1. The second-order valence-electron chi connectivity index (χ2n) is 5.34. The molecule has 1 aliphatic heterocycles. The summed E-state index contributed by atoms with van der Waals surface area (Å²) in [6.45, 7) is 2.33. The summed E-state index contributed by atoms with van der Waals surface area (Å²) in [5.74, 6) is 1.26. The van der Waals surface area contributed by atoms with Gasteiger partial charge in [0.05, 0.1) is 6.61 Å². The largest absolute Gasteiger partial charge is 0.490 e. The summed E-state index contributed by atoms with van der Waals surface area (Å²) < 4.78 is 19.7. The van der Waals surface area contributed by atoms with Crippen molar-refractivity contribution in [1.29, 1.82) is 0 Å². The fourth-order valence-corrected chi connectivity index (χ4v) is 3.71. The molecule has 3 rings (SSSR count). The third-order valence-electron chi connectivity index (χ3n) is 3.72. The molecule has 1 unspecified atom stereocenters. The highest BCUT2D eigenvalue weighted by molar-refractivity contribution is 7.99. The normalized spacial score (nSPS) is 18.3. The fraction of sp³-hybridized carbons (Fsp3) is 0.294. The molecular weight excluding hydrogens is 285 g/mol. The number of hydrogen-bond acceptors (Lipinski definition) is 3. The number of benzene rings is 2. The third kappa shape index (κ3) is 3.06. The van der Waals surface area contributed by atoms with E-state index in [0.717, 1.165) is 11.3 Å². The zero-order valence-corrected chi connectivity index (χ0v) is 12.7. The summed E-state index contributed by atoms with van der Waals surface area (Å²) in [6.07, 6.45) is 0. The number of nitrogens with two attached hydrogens (primary N) is 1. The predicted molar refractivity (Wildman–Crippen MR) is 84.4 cm³/mol. The maximum atomic E-state index is 14.0. The van der Waals surface area contributed by atoms with Crippen molar-refractivity contribution in [2.24, 2.45) is 5.73 Å². The summed E-state index contributed by atoms with van der Waals surface area (Å²) in [5.41, 5.74) is 7.83. The van der Waals surface area contributed by atoms with E-state index in [9.17, 15) is 4.39 Å². The van der Waals surface area contributed by atoms with Gasteiger partial charge in [-0.2, -0.15) is 0 Å². The van der Waals surface area contributed by atoms with Crippen LogP contribution in [0, 0.1) is 5.82 Å². The highest BCUT2D eigenvalue weighted by Crippen LogP contribution is 2.39. The van der Waals surface area contributed by atoms with Crippen molar-refractivity contribution in [3.8, 4) is 5.75 Å². The Morgan fingerprint density at radius 1 is 1.33 bits per heavy atom. The second kappa shape index (κ2) is 6.08. The maximum absolute atomic E-state index is 14.0. The molecule has 0 saturated carbocycles. The van der Waals surface area contributed by atoms with Crippen LogP contribution in [0.4, 0.5) is 4.39 Å². The lowest BCUT2D eigenvalue weighted by atomic mass is 10.0. The lowest BCUT2D eigenvalue weighted by Crippen LogP contribution is -2.11. The number of thioether (sulfide) groups is 1. The van der Waals surface area contributed by atoms with E-state index >= 15 is 0 Å². The molecule has 1 heterocycles. The van der Waals surface area contributed by atoms with Gasteiger partial charge in [0.1, 0.15) is 0 Å². The summed E-state index contributed by atoms with van der Waals surface area (Å²) in [5, 5.41) is 0. The topological polar surface area (TPSA) is 35.2 Å². The first-order chi connectivity index (χ1) is 10.1. The molecule has 0 fully saturated rings. The first kappa shape index (κ1) is 14.4. The van der Waals surface area contributed by atoms with Gasteiger partial charge in [-0.05, 0) is 36.2 Å². The number of hydrogen-bond donors (Lipinski definition) is 1. The van der Waals surface area contributed by atoms with Crippen LogP contribution in [0.1, 0.15) is 30.0 Å². The third-order valence-corrected chi connectivity index (χ3v) is 4.97. The minimum absolute atomic E-state index is 0.174. The molecule has 2 aromatic carbocycles. The van der Waals surface area contributed by atoms with Crippen molar-refractivity contribution >= 4 is 11.8 Å². The van der Waals surface area contributed by atoms with Crippen molar-refractivity contribution in [1.82, 2.24) is 0 Å². The quantitative estimate of drug-likeness (QED) is 0.923. The highest BCUT2D eigenvalue weighted by atomic mass is 32.2. The van der Waals surface area contributed by atoms with E-state index in [0.29, 0.717) is 18.3 Å². The average Bonchev–Trinajstić information content (AvgIpc) is 2.89. The number of ether oxygens (including phenoxy) is 1. The minimum atomic E-state index is -0.344. The van der Waals surface area contributed by atoms with Crippen LogP contribution in [-0.4, -0.2) is 12.4 Å². The van der Waals surface area contributed by atoms with Crippen LogP contribution in [0.25, 0.3) is 0 Å². The molecule has 0 amide bonds. The van der Waals surface area contributed by atoms with Gasteiger partial charge in [0.15, 0.2) is 11.6 Å². The van der Waals surface area contributed by atoms with Gasteiger partial charge in [-0.1, -0.05) is 24.3 Å². The van der Waals surface area contributed by atoms with Gasteiger partial charge in [-0.25, -0.2) is 4.39 Å².